The van der Waals surface area contributed by atoms with Crippen LogP contribution in [0.1, 0.15) is 11.4 Å². The zero-order valence-corrected chi connectivity index (χ0v) is 23.8. The average molecular weight is 725 g/mol. The molecule has 0 aliphatic carbocycles. The van der Waals surface area contributed by atoms with Crippen molar-refractivity contribution in [2.75, 3.05) is 0 Å². The Morgan fingerprint density at radius 2 is 1.54 bits per heavy atom. The Morgan fingerprint density at radius 3 is 2.27 bits per heavy atom. The maximum atomic E-state index is 12.1. The van der Waals surface area contributed by atoms with Crippen molar-refractivity contribution in [1.29, 1.82) is 0 Å². The van der Waals surface area contributed by atoms with Crippen LogP contribution in [0.25, 0.3) is 55.4 Å². The molecule has 3 aromatic heterocycles. The second-order valence-electron chi connectivity index (χ2n) is 9.00. The maximum absolute atomic E-state index is 12.1. The molecule has 0 amide bonds. The summed E-state index contributed by atoms with van der Waals surface area (Å²) in [5.74, 6) is -1.37. The van der Waals surface area contributed by atoms with Crippen LogP contribution in [0, 0.1) is 13.0 Å². The van der Waals surface area contributed by atoms with E-state index in [1.54, 1.807) is 12.1 Å². The van der Waals surface area contributed by atoms with Gasteiger partial charge in [-0.1, -0.05) is 64.9 Å². The molecule has 0 spiro atoms. The van der Waals surface area contributed by atoms with Crippen molar-refractivity contribution in [3.05, 3.63) is 115 Å². The molecule has 7 aromatic rings. The molecule has 7 rings (SSSR count). The molecule has 4 aromatic carbocycles. The molecule has 0 bridgehead atoms. The molecule has 0 unspecified atom stereocenters. The van der Waals surface area contributed by atoms with E-state index in [9.17, 15) is 13.2 Å². The minimum absolute atomic E-state index is 0. The third-order valence-corrected chi connectivity index (χ3v) is 6.25. The molecule has 205 valence electrons. The number of benzene rings is 4. The molecule has 10 heteroatoms. The van der Waals surface area contributed by atoms with Crippen molar-refractivity contribution in [2.45, 2.75) is 13.1 Å². The third-order valence-electron chi connectivity index (χ3n) is 6.25. The summed E-state index contributed by atoms with van der Waals surface area (Å²) in [6.45, 7) is 2.09. The van der Waals surface area contributed by atoms with Gasteiger partial charge in [0.15, 0.2) is 0 Å². The summed E-state index contributed by atoms with van der Waals surface area (Å²) in [5, 5.41) is 10.8. The minimum Gasteiger partial charge on any atom is -0.413 e. The Balaban J connectivity index is 0.000000182. The van der Waals surface area contributed by atoms with E-state index in [4.69, 9.17) is 9.97 Å². The number of hydrogen-bond acceptors (Lipinski definition) is 5. The predicted octanol–water partition coefficient (Wildman–Crippen LogP) is 7.22. The molecule has 41 heavy (non-hydrogen) atoms. The van der Waals surface area contributed by atoms with E-state index in [1.807, 2.05) is 18.3 Å². The monoisotopic (exact) mass is 725 g/mol. The molecule has 6 nitrogen and oxygen atoms in total. The summed E-state index contributed by atoms with van der Waals surface area (Å²) in [5.41, 5.74) is 5.32. The summed E-state index contributed by atoms with van der Waals surface area (Å²) < 4.78 is 36.4. The number of hydrogen-bond donors (Lipinski definition) is 0. The largest absolute Gasteiger partial charge is 0.429 e. The van der Waals surface area contributed by atoms with Crippen LogP contribution < -0.4 is 5.10 Å². The SMILES string of the molecule is Cc1cccc(-c2cnc3c4[c-]cccc4c4ccccc4c3n2)c1.FC(F)(F)c1n[n-]c(-c2ccccn2)n1.[Ir]. The van der Waals surface area contributed by atoms with Crippen molar-refractivity contribution >= 4 is 32.6 Å². The first-order chi connectivity index (χ1) is 19.4. The van der Waals surface area contributed by atoms with Crippen molar-refractivity contribution in [3.63, 3.8) is 0 Å². The van der Waals surface area contributed by atoms with Crippen molar-refractivity contribution in [3.8, 4) is 22.8 Å². The molecule has 0 saturated heterocycles. The van der Waals surface area contributed by atoms with Gasteiger partial charge in [0.25, 0.3) is 0 Å². The van der Waals surface area contributed by atoms with Gasteiger partial charge >= 0.3 is 6.18 Å². The van der Waals surface area contributed by atoms with Gasteiger partial charge in [-0.2, -0.15) is 13.2 Å². The number of aryl methyl sites for hydroxylation is 1. The Kier molecular flexibility index (Phi) is 7.87. The Labute approximate surface area is 246 Å². The summed E-state index contributed by atoms with van der Waals surface area (Å²) in [6, 6.07) is 31.0. The van der Waals surface area contributed by atoms with Gasteiger partial charge < -0.3 is 15.1 Å². The molecule has 3 heterocycles. The minimum atomic E-state index is -4.57. The fourth-order valence-corrected chi connectivity index (χ4v) is 4.45. The van der Waals surface area contributed by atoms with Gasteiger partial charge in [0, 0.05) is 43.6 Å². The molecular formula is C31H19F3IrN6-2. The van der Waals surface area contributed by atoms with Gasteiger partial charge in [-0.15, -0.1) is 29.7 Å². The summed E-state index contributed by atoms with van der Waals surface area (Å²) in [6.07, 6.45) is -1.26. The topological polar surface area (TPSA) is 78.5 Å². The normalized spacial score (nSPS) is 11.2. The smallest absolute Gasteiger partial charge is 0.413 e. The van der Waals surface area contributed by atoms with Crippen LogP contribution in [0.5, 0.6) is 0 Å². The van der Waals surface area contributed by atoms with Gasteiger partial charge in [0.1, 0.15) is 5.82 Å². The van der Waals surface area contributed by atoms with Crippen LogP contribution in [-0.4, -0.2) is 25.0 Å². The van der Waals surface area contributed by atoms with Crippen LogP contribution in [0.4, 0.5) is 13.2 Å². The van der Waals surface area contributed by atoms with Gasteiger partial charge in [-0.05, 0) is 36.3 Å². The summed E-state index contributed by atoms with van der Waals surface area (Å²) in [4.78, 5) is 16.8. The van der Waals surface area contributed by atoms with Crippen molar-refractivity contribution < 1.29 is 33.3 Å². The Hall–Kier alpha value is -4.53. The fraction of sp³-hybridized carbons (Fsp3) is 0.0645. The quantitative estimate of drug-likeness (QED) is 0.139. The molecule has 0 saturated carbocycles. The average Bonchev–Trinajstić information content (AvgIpc) is 3.50. The third kappa shape index (κ3) is 5.70. The van der Waals surface area contributed by atoms with E-state index in [-0.39, 0.29) is 31.6 Å². The number of halogens is 3. The molecule has 0 aliphatic rings. The molecule has 1 radical (unpaired) electrons. The van der Waals surface area contributed by atoms with Gasteiger partial charge in [0.05, 0.1) is 16.9 Å². The maximum Gasteiger partial charge on any atom is 0.429 e. The molecule has 0 fully saturated rings. The van der Waals surface area contributed by atoms with Gasteiger partial charge in [-0.3, -0.25) is 15.1 Å². The number of rotatable bonds is 2. The number of nitrogens with zero attached hydrogens (tertiary/aromatic N) is 6. The summed E-state index contributed by atoms with van der Waals surface area (Å²) >= 11 is 0. The van der Waals surface area contributed by atoms with E-state index in [0.29, 0.717) is 0 Å². The summed E-state index contributed by atoms with van der Waals surface area (Å²) in [7, 11) is 0. The van der Waals surface area contributed by atoms with Crippen molar-refractivity contribution in [2.24, 2.45) is 0 Å². The first-order valence-corrected chi connectivity index (χ1v) is 12.3. The van der Waals surface area contributed by atoms with E-state index in [2.05, 4.69) is 87.8 Å². The van der Waals surface area contributed by atoms with Crippen LogP contribution in [0.3, 0.4) is 0 Å². The van der Waals surface area contributed by atoms with Gasteiger partial charge in [-0.25, -0.2) is 0 Å². The van der Waals surface area contributed by atoms with E-state index in [1.165, 1.54) is 28.6 Å². The fourth-order valence-electron chi connectivity index (χ4n) is 4.45. The zero-order valence-electron chi connectivity index (χ0n) is 21.4. The standard InChI is InChI=1S/C23H15N2.C8H4F3N4.Ir/c1-15-7-6-8-16(13-15)21-14-24-22-19-11-4-2-9-17(19)18-10-3-5-12-20(18)23(22)25-21;9-8(10,11)7-13-6(14-15-7)5-3-1-2-4-12-5;/h2-10,12-14H,1H3;1-4H;/q2*-1;. The number of aromatic nitrogens is 6. The predicted molar refractivity (Wildman–Crippen MR) is 147 cm³/mol. The number of fused-ring (bicyclic) bond motifs is 6. The molecule has 0 aliphatic heterocycles. The second-order valence-corrected chi connectivity index (χ2v) is 9.00. The molecule has 0 atom stereocenters. The zero-order chi connectivity index (χ0) is 27.7. The van der Waals surface area contributed by atoms with E-state index >= 15 is 0 Å². The van der Waals surface area contributed by atoms with Crippen LogP contribution in [0.2, 0.25) is 0 Å². The van der Waals surface area contributed by atoms with Crippen LogP contribution in [-0.2, 0) is 26.3 Å². The van der Waals surface area contributed by atoms with Crippen LogP contribution in [0.15, 0.2) is 97.3 Å². The van der Waals surface area contributed by atoms with E-state index < -0.39 is 12.0 Å². The van der Waals surface area contributed by atoms with Crippen LogP contribution >= 0.6 is 0 Å². The number of pyridine rings is 1. The van der Waals surface area contributed by atoms with E-state index in [0.717, 1.165) is 33.1 Å². The first-order valence-electron chi connectivity index (χ1n) is 12.3. The van der Waals surface area contributed by atoms with Gasteiger partial charge in [0.2, 0.25) is 0 Å². The Bertz CT molecular complexity index is 1940. The molecular weight excluding hydrogens is 706 g/mol. The second kappa shape index (κ2) is 11.5. The Morgan fingerprint density at radius 1 is 0.756 bits per heavy atom. The van der Waals surface area contributed by atoms with Crippen molar-refractivity contribution in [1.82, 2.24) is 30.1 Å². The molecule has 0 N–H and O–H groups in total. The first kappa shape index (κ1) is 28.0. The number of alkyl halides is 3.